The molecule has 0 saturated carbocycles. The Morgan fingerprint density at radius 1 is 0.368 bits per heavy atom. The summed E-state index contributed by atoms with van der Waals surface area (Å²) in [5.74, 6) is -1.38. The maximum Gasteiger partial charge on any atom is 0.472 e. The van der Waals surface area contributed by atoms with Crippen LogP contribution in [0, 0.1) is 5.92 Å². The van der Waals surface area contributed by atoms with E-state index in [9.17, 15) is 43.2 Å². The molecule has 0 fully saturated rings. The van der Waals surface area contributed by atoms with Gasteiger partial charge < -0.3 is 33.8 Å². The predicted octanol–water partition coefficient (Wildman–Crippen LogP) is 15.1. The number of hydrogen-bond donors (Lipinski definition) is 3. The van der Waals surface area contributed by atoms with Gasteiger partial charge in [0.1, 0.15) is 19.3 Å². The van der Waals surface area contributed by atoms with E-state index in [-0.39, 0.29) is 25.7 Å². The van der Waals surface area contributed by atoms with Crippen LogP contribution in [0.5, 0.6) is 0 Å². The van der Waals surface area contributed by atoms with Crippen LogP contribution in [0.25, 0.3) is 0 Å². The third-order valence-corrected chi connectivity index (χ3v) is 15.3. The third kappa shape index (κ3) is 50.3. The Morgan fingerprint density at radius 3 is 0.934 bits per heavy atom. The lowest BCUT2D eigenvalue weighted by atomic mass is 9.99. The first-order valence-electron chi connectivity index (χ1n) is 30.2. The van der Waals surface area contributed by atoms with Crippen molar-refractivity contribution in [3.05, 3.63) is 0 Å². The van der Waals surface area contributed by atoms with Crippen LogP contribution in [-0.4, -0.2) is 96.7 Å². The Balaban J connectivity index is 5.20. The molecule has 3 N–H and O–H groups in total. The fourth-order valence-electron chi connectivity index (χ4n) is 8.31. The molecule has 76 heavy (non-hydrogen) atoms. The Labute approximate surface area is 460 Å². The van der Waals surface area contributed by atoms with Gasteiger partial charge in [-0.2, -0.15) is 0 Å². The minimum atomic E-state index is -4.93. The van der Waals surface area contributed by atoms with Crippen LogP contribution >= 0.6 is 15.6 Å². The quantitative estimate of drug-likeness (QED) is 0.0222. The van der Waals surface area contributed by atoms with Crippen molar-refractivity contribution in [1.29, 1.82) is 0 Å². The molecule has 0 aliphatic heterocycles. The third-order valence-electron chi connectivity index (χ3n) is 13.4. The number of aliphatic hydroxyl groups is 1. The number of phosphoric ester groups is 2. The smallest absolute Gasteiger partial charge is 0.462 e. The average molecular weight is 1130 g/mol. The molecule has 450 valence electrons. The maximum absolute atomic E-state index is 12.9. The first kappa shape index (κ1) is 74.1. The molecule has 0 amide bonds. The molecule has 6 atom stereocenters. The molecule has 0 aliphatic carbocycles. The zero-order chi connectivity index (χ0) is 56.4. The van der Waals surface area contributed by atoms with Crippen LogP contribution < -0.4 is 0 Å². The standard InChI is InChI=1S/C57H110O17P2/c1-6-10-13-16-19-20-21-27-31-36-41-55(60)68-47-53(74-57(62)43-38-33-28-23-22-26-29-34-39-50(5)9-4)49-72-76(65,66)70-45-51(58)44-69-75(63,64)71-48-52(73-56(61)42-37-32-25-18-15-12-8-3)46-67-54(59)40-35-30-24-17-14-11-7-2/h50-53,58H,6-49H2,1-5H3,(H,63,64)(H,65,66)/t50?,51-,52+,53+/m0/s1. The SMILES string of the molecule is CCCCCCCCCCCCC(=O)OC[C@H](COP(=O)(O)OC[C@@H](O)COP(=O)(O)OC[C@@H](COC(=O)CCCCCCCCC)OC(=O)CCCCCCCCC)OC(=O)CCCCCCCCCCC(C)CC. The minimum Gasteiger partial charge on any atom is -0.462 e. The number of aliphatic hydroxyl groups excluding tert-OH is 1. The molecule has 19 heteroatoms. The Kier molecular flexibility index (Phi) is 49.9. The zero-order valence-electron chi connectivity index (χ0n) is 48.4. The van der Waals surface area contributed by atoms with Gasteiger partial charge in [-0.1, -0.05) is 227 Å². The summed E-state index contributed by atoms with van der Waals surface area (Å²) in [4.78, 5) is 71.6. The van der Waals surface area contributed by atoms with E-state index in [1.54, 1.807) is 0 Å². The van der Waals surface area contributed by atoms with Crippen LogP contribution in [-0.2, 0) is 65.4 Å². The lowest BCUT2D eigenvalue weighted by Gasteiger charge is -2.21. The highest BCUT2D eigenvalue weighted by Gasteiger charge is 2.30. The predicted molar refractivity (Wildman–Crippen MR) is 298 cm³/mol. The Hall–Kier alpha value is -1.94. The van der Waals surface area contributed by atoms with Crippen molar-refractivity contribution in [3.63, 3.8) is 0 Å². The highest BCUT2D eigenvalue weighted by Crippen LogP contribution is 2.45. The van der Waals surface area contributed by atoms with Gasteiger partial charge in [-0.15, -0.1) is 0 Å². The number of phosphoric acid groups is 2. The van der Waals surface area contributed by atoms with Gasteiger partial charge in [0, 0.05) is 25.7 Å². The van der Waals surface area contributed by atoms with Gasteiger partial charge in [0.2, 0.25) is 0 Å². The molecule has 3 unspecified atom stereocenters. The van der Waals surface area contributed by atoms with Gasteiger partial charge in [-0.3, -0.25) is 37.3 Å². The van der Waals surface area contributed by atoms with E-state index in [0.29, 0.717) is 25.7 Å². The lowest BCUT2D eigenvalue weighted by Crippen LogP contribution is -2.30. The summed E-state index contributed by atoms with van der Waals surface area (Å²) >= 11 is 0. The molecule has 0 radical (unpaired) electrons. The molecule has 0 spiro atoms. The summed E-state index contributed by atoms with van der Waals surface area (Å²) in [5, 5.41) is 10.5. The number of ether oxygens (including phenoxy) is 4. The van der Waals surface area contributed by atoms with Gasteiger partial charge >= 0.3 is 39.5 Å². The zero-order valence-corrected chi connectivity index (χ0v) is 50.2. The van der Waals surface area contributed by atoms with E-state index >= 15 is 0 Å². The number of carbonyl (C=O) groups is 4. The minimum absolute atomic E-state index is 0.103. The van der Waals surface area contributed by atoms with Crippen molar-refractivity contribution in [2.45, 2.75) is 297 Å². The van der Waals surface area contributed by atoms with Crippen molar-refractivity contribution < 1.29 is 80.2 Å². The van der Waals surface area contributed by atoms with Crippen molar-refractivity contribution in [1.82, 2.24) is 0 Å². The average Bonchev–Trinajstić information content (AvgIpc) is 3.39. The molecule has 17 nitrogen and oxygen atoms in total. The summed E-state index contributed by atoms with van der Waals surface area (Å²) < 4.78 is 67.5. The number of carbonyl (C=O) groups excluding carboxylic acids is 4. The van der Waals surface area contributed by atoms with E-state index in [2.05, 4.69) is 34.6 Å². The van der Waals surface area contributed by atoms with E-state index < -0.39 is 97.5 Å². The van der Waals surface area contributed by atoms with Crippen molar-refractivity contribution in [2.24, 2.45) is 5.92 Å². The van der Waals surface area contributed by atoms with Crippen LogP contribution in [0.3, 0.4) is 0 Å². The summed E-state index contributed by atoms with van der Waals surface area (Å²) in [6.45, 7) is 7.04. The normalized spacial score (nSPS) is 14.8. The van der Waals surface area contributed by atoms with Crippen LogP contribution in [0.2, 0.25) is 0 Å². The molecule has 0 saturated heterocycles. The topological polar surface area (TPSA) is 237 Å². The van der Waals surface area contributed by atoms with Gasteiger partial charge in [0.15, 0.2) is 12.2 Å². The van der Waals surface area contributed by atoms with E-state index in [1.165, 1.54) is 77.0 Å². The molecule has 0 heterocycles. The second-order valence-corrected chi connectivity index (χ2v) is 23.8. The van der Waals surface area contributed by atoms with E-state index in [4.69, 9.17) is 37.0 Å². The van der Waals surface area contributed by atoms with Crippen molar-refractivity contribution in [3.8, 4) is 0 Å². The van der Waals surface area contributed by atoms with Gasteiger partial charge in [-0.25, -0.2) is 9.13 Å². The van der Waals surface area contributed by atoms with Crippen LogP contribution in [0.15, 0.2) is 0 Å². The largest absolute Gasteiger partial charge is 0.472 e. The van der Waals surface area contributed by atoms with Crippen LogP contribution in [0.4, 0.5) is 0 Å². The molecule has 0 aromatic rings. The highest BCUT2D eigenvalue weighted by atomic mass is 31.2. The van der Waals surface area contributed by atoms with Gasteiger partial charge in [0.05, 0.1) is 26.4 Å². The fraction of sp³-hybridized carbons (Fsp3) is 0.930. The number of unbranched alkanes of at least 4 members (excludes halogenated alkanes) is 28. The molecular weight excluding hydrogens is 1020 g/mol. The van der Waals surface area contributed by atoms with Crippen molar-refractivity contribution in [2.75, 3.05) is 39.6 Å². The van der Waals surface area contributed by atoms with Crippen LogP contribution in [0.1, 0.15) is 279 Å². The van der Waals surface area contributed by atoms with Crippen molar-refractivity contribution >= 4 is 39.5 Å². The molecule has 0 aromatic heterocycles. The number of hydrogen-bond acceptors (Lipinski definition) is 15. The molecule has 0 bridgehead atoms. The van der Waals surface area contributed by atoms with E-state index in [0.717, 1.165) is 121 Å². The second kappa shape index (κ2) is 51.2. The fourth-order valence-corrected chi connectivity index (χ4v) is 9.89. The Bertz CT molecular complexity index is 1500. The molecule has 0 aliphatic rings. The molecule has 0 rings (SSSR count). The maximum atomic E-state index is 12.9. The lowest BCUT2D eigenvalue weighted by molar-refractivity contribution is -0.161. The second-order valence-electron chi connectivity index (χ2n) is 20.9. The van der Waals surface area contributed by atoms with E-state index in [1.807, 2.05) is 0 Å². The molecule has 0 aromatic carbocycles. The van der Waals surface area contributed by atoms with Gasteiger partial charge in [-0.05, 0) is 31.6 Å². The Morgan fingerprint density at radius 2 is 0.632 bits per heavy atom. The summed E-state index contributed by atoms with van der Waals surface area (Å²) in [5.41, 5.74) is 0. The van der Waals surface area contributed by atoms with Gasteiger partial charge in [0.25, 0.3) is 0 Å². The molecular formula is C57H110O17P2. The number of rotatable bonds is 57. The first-order chi connectivity index (χ1) is 36.6. The highest BCUT2D eigenvalue weighted by molar-refractivity contribution is 7.47. The number of esters is 4. The first-order valence-corrected chi connectivity index (χ1v) is 33.2. The summed E-state index contributed by atoms with van der Waals surface area (Å²) in [6, 6.07) is 0. The summed E-state index contributed by atoms with van der Waals surface area (Å²) in [7, 11) is -9.86. The monoisotopic (exact) mass is 1130 g/mol. The summed E-state index contributed by atoms with van der Waals surface area (Å²) in [6.07, 6.45) is 32.2.